The van der Waals surface area contributed by atoms with Crippen LogP contribution in [0.1, 0.15) is 26.7 Å². The van der Waals surface area contributed by atoms with Crippen molar-refractivity contribution in [2.75, 3.05) is 18.9 Å². The molecule has 1 aromatic carbocycles. The van der Waals surface area contributed by atoms with Gasteiger partial charge in [-0.2, -0.15) is 0 Å². The summed E-state index contributed by atoms with van der Waals surface area (Å²) in [5.74, 6) is -0.638. The molecule has 0 heterocycles. The molecule has 8 heteroatoms. The topological polar surface area (TPSA) is 84.5 Å². The second kappa shape index (κ2) is 11.5. The Hall–Kier alpha value is -2.09. The molecule has 3 amide bonds. The van der Waals surface area contributed by atoms with Crippen LogP contribution in [0.5, 0.6) is 0 Å². The first kappa shape index (κ1) is 21.0. The summed E-state index contributed by atoms with van der Waals surface area (Å²) in [6.45, 7) is 4.02. The lowest BCUT2D eigenvalue weighted by atomic mass is 10.1. The van der Waals surface area contributed by atoms with Crippen LogP contribution in [0, 0.1) is 11.7 Å². The van der Waals surface area contributed by atoms with E-state index in [0.717, 1.165) is 11.3 Å². The minimum Gasteiger partial charge on any atom is -0.456 e. The average Bonchev–Trinajstić information content (AvgIpc) is 2.54. The van der Waals surface area contributed by atoms with E-state index in [-0.39, 0.29) is 12.2 Å². The lowest BCUT2D eigenvalue weighted by Gasteiger charge is -2.08. The highest BCUT2D eigenvalue weighted by molar-refractivity contribution is 7.99. The molecule has 0 spiro atoms. The van der Waals surface area contributed by atoms with Gasteiger partial charge in [-0.15, -0.1) is 11.8 Å². The zero-order valence-corrected chi connectivity index (χ0v) is 15.2. The fourth-order valence-electron chi connectivity index (χ4n) is 1.68. The van der Waals surface area contributed by atoms with Crippen LogP contribution in [0.3, 0.4) is 0 Å². The van der Waals surface area contributed by atoms with Crippen LogP contribution in [-0.4, -0.2) is 36.8 Å². The van der Waals surface area contributed by atoms with E-state index < -0.39 is 24.5 Å². The monoisotopic (exact) mass is 370 g/mol. The van der Waals surface area contributed by atoms with Crippen molar-refractivity contribution in [1.29, 1.82) is 0 Å². The van der Waals surface area contributed by atoms with E-state index in [1.54, 1.807) is 12.1 Å². The molecule has 25 heavy (non-hydrogen) atoms. The zero-order chi connectivity index (χ0) is 18.7. The third kappa shape index (κ3) is 10.4. The molecule has 0 fully saturated rings. The van der Waals surface area contributed by atoms with Gasteiger partial charge in [0.15, 0.2) is 6.61 Å². The van der Waals surface area contributed by atoms with Gasteiger partial charge in [-0.05, 0) is 36.6 Å². The maximum absolute atomic E-state index is 12.8. The van der Waals surface area contributed by atoms with E-state index in [2.05, 4.69) is 10.6 Å². The van der Waals surface area contributed by atoms with Crippen molar-refractivity contribution in [3.05, 3.63) is 30.1 Å². The van der Waals surface area contributed by atoms with Crippen molar-refractivity contribution in [3.63, 3.8) is 0 Å². The number of thioether (sulfide) groups is 1. The standard InChI is InChI=1S/C17H23FN2O4S/c1-12(2)7-9-19-17(23)20-15(21)11-24-16(22)8-10-25-14-5-3-13(18)4-6-14/h3-6,12H,7-11H2,1-2H3,(H2,19,20,21,23). The molecule has 0 radical (unpaired) electrons. The molecule has 0 unspecified atom stereocenters. The van der Waals surface area contributed by atoms with Gasteiger partial charge in [0.25, 0.3) is 5.91 Å². The number of hydrogen-bond acceptors (Lipinski definition) is 5. The third-order valence-electron chi connectivity index (χ3n) is 3.01. The molecule has 1 aromatic rings. The van der Waals surface area contributed by atoms with Crippen LogP contribution in [0.25, 0.3) is 0 Å². The van der Waals surface area contributed by atoms with E-state index in [9.17, 15) is 18.8 Å². The normalized spacial score (nSPS) is 10.4. The van der Waals surface area contributed by atoms with Gasteiger partial charge in [-0.1, -0.05) is 13.8 Å². The van der Waals surface area contributed by atoms with Gasteiger partial charge in [0.1, 0.15) is 5.82 Å². The number of carbonyl (C=O) groups is 3. The second-order valence-corrected chi connectivity index (χ2v) is 6.87. The molecule has 0 bridgehead atoms. The first-order valence-electron chi connectivity index (χ1n) is 7.98. The van der Waals surface area contributed by atoms with Gasteiger partial charge in [0, 0.05) is 17.2 Å². The number of halogens is 1. The Morgan fingerprint density at radius 3 is 2.52 bits per heavy atom. The molecule has 2 N–H and O–H groups in total. The van der Waals surface area contributed by atoms with Crippen molar-refractivity contribution < 1.29 is 23.5 Å². The Bertz CT molecular complexity index is 579. The van der Waals surface area contributed by atoms with Crippen molar-refractivity contribution in [3.8, 4) is 0 Å². The van der Waals surface area contributed by atoms with Crippen molar-refractivity contribution in [2.45, 2.75) is 31.6 Å². The lowest BCUT2D eigenvalue weighted by molar-refractivity contribution is -0.147. The molecule has 0 atom stereocenters. The molecule has 0 aliphatic carbocycles. The summed E-state index contributed by atoms with van der Waals surface area (Å²) in [5.41, 5.74) is 0. The molecule has 0 saturated carbocycles. The van der Waals surface area contributed by atoms with Gasteiger partial charge in [0.05, 0.1) is 6.42 Å². The minimum absolute atomic E-state index is 0.107. The minimum atomic E-state index is -0.679. The summed E-state index contributed by atoms with van der Waals surface area (Å²) in [6.07, 6.45) is 0.915. The van der Waals surface area contributed by atoms with E-state index in [0.29, 0.717) is 18.2 Å². The molecule has 0 aromatic heterocycles. The zero-order valence-electron chi connectivity index (χ0n) is 14.3. The summed E-state index contributed by atoms with van der Waals surface area (Å²) in [5, 5.41) is 4.64. The molecule has 0 aliphatic heterocycles. The smallest absolute Gasteiger partial charge is 0.321 e. The third-order valence-corrected chi connectivity index (χ3v) is 4.03. The highest BCUT2D eigenvalue weighted by atomic mass is 32.2. The second-order valence-electron chi connectivity index (χ2n) is 5.70. The number of benzene rings is 1. The Morgan fingerprint density at radius 1 is 1.20 bits per heavy atom. The van der Waals surface area contributed by atoms with E-state index >= 15 is 0 Å². The Kier molecular flexibility index (Phi) is 9.61. The van der Waals surface area contributed by atoms with Crippen LogP contribution >= 0.6 is 11.8 Å². The van der Waals surface area contributed by atoms with E-state index in [4.69, 9.17) is 4.74 Å². The molecule has 1 rings (SSSR count). The predicted octanol–water partition coefficient (Wildman–Crippen LogP) is 2.72. The largest absolute Gasteiger partial charge is 0.456 e. The highest BCUT2D eigenvalue weighted by Gasteiger charge is 2.11. The van der Waals surface area contributed by atoms with Crippen molar-refractivity contribution in [2.24, 2.45) is 5.92 Å². The Morgan fingerprint density at radius 2 is 1.88 bits per heavy atom. The van der Waals surface area contributed by atoms with Gasteiger partial charge < -0.3 is 10.1 Å². The first-order valence-corrected chi connectivity index (χ1v) is 8.97. The highest BCUT2D eigenvalue weighted by Crippen LogP contribution is 2.18. The van der Waals surface area contributed by atoms with Crippen LogP contribution in [0.2, 0.25) is 0 Å². The number of esters is 1. The van der Waals surface area contributed by atoms with Gasteiger partial charge >= 0.3 is 12.0 Å². The molecular formula is C17H23FN2O4S. The SMILES string of the molecule is CC(C)CCNC(=O)NC(=O)COC(=O)CCSc1ccc(F)cc1. The molecule has 138 valence electrons. The Labute approximate surface area is 150 Å². The fourth-order valence-corrected chi connectivity index (χ4v) is 2.52. The van der Waals surface area contributed by atoms with Crippen LogP contribution in [0.4, 0.5) is 9.18 Å². The first-order chi connectivity index (χ1) is 11.9. The lowest BCUT2D eigenvalue weighted by Crippen LogP contribution is -2.42. The summed E-state index contributed by atoms with van der Waals surface area (Å²) in [4.78, 5) is 35.3. The van der Waals surface area contributed by atoms with Gasteiger partial charge in [-0.3, -0.25) is 14.9 Å². The number of amides is 3. The number of carbonyl (C=O) groups excluding carboxylic acids is 3. The quantitative estimate of drug-likeness (QED) is 0.516. The van der Waals surface area contributed by atoms with Gasteiger partial charge in [0.2, 0.25) is 0 Å². The number of rotatable bonds is 9. The van der Waals surface area contributed by atoms with Crippen LogP contribution < -0.4 is 10.6 Å². The average molecular weight is 370 g/mol. The summed E-state index contributed by atoms with van der Waals surface area (Å²) in [7, 11) is 0. The Balaban J connectivity index is 2.13. The summed E-state index contributed by atoms with van der Waals surface area (Å²) < 4.78 is 17.6. The molecular weight excluding hydrogens is 347 g/mol. The number of nitrogens with one attached hydrogen (secondary N) is 2. The molecule has 6 nitrogen and oxygen atoms in total. The maximum Gasteiger partial charge on any atom is 0.321 e. The number of imide groups is 1. The van der Waals surface area contributed by atoms with E-state index in [1.165, 1.54) is 23.9 Å². The fraction of sp³-hybridized carbons (Fsp3) is 0.471. The predicted molar refractivity (Wildman–Crippen MR) is 93.7 cm³/mol. The van der Waals surface area contributed by atoms with Crippen molar-refractivity contribution >= 4 is 29.7 Å². The van der Waals surface area contributed by atoms with Crippen LogP contribution in [0.15, 0.2) is 29.2 Å². The van der Waals surface area contributed by atoms with E-state index in [1.807, 2.05) is 13.8 Å². The summed E-state index contributed by atoms with van der Waals surface area (Å²) in [6, 6.07) is 5.33. The number of ether oxygens (including phenoxy) is 1. The van der Waals surface area contributed by atoms with Crippen LogP contribution in [-0.2, 0) is 14.3 Å². The van der Waals surface area contributed by atoms with Crippen molar-refractivity contribution in [1.82, 2.24) is 10.6 Å². The number of hydrogen-bond donors (Lipinski definition) is 2. The summed E-state index contributed by atoms with van der Waals surface area (Å²) >= 11 is 1.38. The molecule has 0 saturated heterocycles. The maximum atomic E-state index is 12.8. The van der Waals surface area contributed by atoms with Gasteiger partial charge in [-0.25, -0.2) is 9.18 Å². The number of urea groups is 1. The molecule has 0 aliphatic rings.